The second kappa shape index (κ2) is 5.51. The Kier molecular flexibility index (Phi) is 3.44. The van der Waals surface area contributed by atoms with Crippen molar-refractivity contribution in [2.24, 2.45) is 0 Å². The number of methoxy groups -OCH3 is 1. The second-order valence-electron chi connectivity index (χ2n) is 6.71. The van der Waals surface area contributed by atoms with E-state index in [2.05, 4.69) is 34.0 Å². The second-order valence-corrected chi connectivity index (χ2v) is 6.71. The van der Waals surface area contributed by atoms with Crippen LogP contribution in [0.4, 0.5) is 0 Å². The Hall–Kier alpha value is -2.56. The molecule has 1 fully saturated rings. The number of carbonyl (C=O) groups excluding carboxylic acids is 2. The van der Waals surface area contributed by atoms with E-state index in [1.54, 1.807) is 6.07 Å². The Labute approximate surface area is 140 Å². The molecule has 124 valence electrons. The quantitative estimate of drug-likeness (QED) is 0.864. The van der Waals surface area contributed by atoms with Crippen molar-refractivity contribution in [3.8, 4) is 0 Å². The molecule has 2 heterocycles. The summed E-state index contributed by atoms with van der Waals surface area (Å²) in [6.07, 6.45) is 4.72. The Morgan fingerprint density at radius 2 is 2.08 bits per heavy atom. The van der Waals surface area contributed by atoms with Crippen molar-refractivity contribution in [1.82, 2.24) is 9.88 Å². The number of aryl methyl sites for hydroxylation is 1. The zero-order valence-electron chi connectivity index (χ0n) is 13.7. The fourth-order valence-corrected chi connectivity index (χ4v) is 4.16. The van der Waals surface area contributed by atoms with Crippen LogP contribution in [0.3, 0.4) is 0 Å². The molecule has 2 aliphatic rings. The number of carbonyl (C=O) groups is 2. The predicted molar refractivity (Wildman–Crippen MR) is 89.1 cm³/mol. The molecule has 1 unspecified atom stereocenters. The first-order valence-electron chi connectivity index (χ1n) is 8.27. The summed E-state index contributed by atoms with van der Waals surface area (Å²) in [7, 11) is 1.33. The molecule has 5 nitrogen and oxygen atoms in total. The third kappa shape index (κ3) is 2.23. The van der Waals surface area contributed by atoms with Gasteiger partial charge in [-0.05, 0) is 36.5 Å². The molecule has 0 radical (unpaired) electrons. The van der Waals surface area contributed by atoms with E-state index in [9.17, 15) is 9.59 Å². The first kappa shape index (κ1) is 15.0. The van der Waals surface area contributed by atoms with E-state index in [4.69, 9.17) is 0 Å². The first-order chi connectivity index (χ1) is 11.6. The van der Waals surface area contributed by atoms with Gasteiger partial charge in [0.1, 0.15) is 5.69 Å². The number of nitrogens with zero attached hydrogens (tertiary/aromatic N) is 1. The van der Waals surface area contributed by atoms with E-state index in [0.717, 1.165) is 32.4 Å². The number of amides is 1. The Balaban J connectivity index is 1.54. The molecule has 1 aliphatic heterocycles. The molecule has 1 aromatic carbocycles. The maximum atomic E-state index is 12.8. The summed E-state index contributed by atoms with van der Waals surface area (Å²) in [4.78, 5) is 29.1. The lowest BCUT2D eigenvalue weighted by Crippen LogP contribution is -2.33. The van der Waals surface area contributed by atoms with Crippen LogP contribution in [0.25, 0.3) is 0 Å². The van der Waals surface area contributed by atoms with Crippen LogP contribution in [-0.4, -0.2) is 42.0 Å². The number of fused-ring (bicyclic) bond motifs is 2. The minimum absolute atomic E-state index is 0.0496. The van der Waals surface area contributed by atoms with Crippen molar-refractivity contribution in [3.05, 3.63) is 58.9 Å². The van der Waals surface area contributed by atoms with Crippen LogP contribution >= 0.6 is 0 Å². The van der Waals surface area contributed by atoms with Crippen LogP contribution in [0.15, 0.2) is 36.5 Å². The molecule has 1 atom stereocenters. The normalized spacial score (nSPS) is 22.0. The summed E-state index contributed by atoms with van der Waals surface area (Å²) >= 11 is 0. The van der Waals surface area contributed by atoms with Gasteiger partial charge in [0.25, 0.3) is 5.91 Å². The highest BCUT2D eigenvalue weighted by Gasteiger charge is 2.45. The van der Waals surface area contributed by atoms with Gasteiger partial charge in [-0.1, -0.05) is 24.3 Å². The standard InChI is InChI=1S/C19H20N2O3/c1-24-18(23)14-10-16(20-11-14)17(22)21-9-8-19(12-21)7-6-13-4-2-3-5-15(13)19/h2-5,10-11,20H,6-9,12H2,1H3. The lowest BCUT2D eigenvalue weighted by Gasteiger charge is -2.25. The number of ether oxygens (including phenoxy) is 1. The molecule has 1 amide bonds. The fourth-order valence-electron chi connectivity index (χ4n) is 4.16. The molecule has 0 saturated carbocycles. The van der Waals surface area contributed by atoms with Gasteiger partial charge in [0.2, 0.25) is 0 Å². The number of likely N-dealkylation sites (tertiary alicyclic amines) is 1. The highest BCUT2D eigenvalue weighted by atomic mass is 16.5. The van der Waals surface area contributed by atoms with E-state index in [-0.39, 0.29) is 11.3 Å². The molecule has 2 aromatic rings. The van der Waals surface area contributed by atoms with Gasteiger partial charge in [-0.25, -0.2) is 4.79 Å². The van der Waals surface area contributed by atoms with Gasteiger partial charge in [0.05, 0.1) is 12.7 Å². The monoisotopic (exact) mass is 324 g/mol. The van der Waals surface area contributed by atoms with Crippen molar-refractivity contribution < 1.29 is 14.3 Å². The van der Waals surface area contributed by atoms with Crippen LogP contribution < -0.4 is 0 Å². The molecular weight excluding hydrogens is 304 g/mol. The van der Waals surface area contributed by atoms with E-state index in [1.165, 1.54) is 24.4 Å². The van der Waals surface area contributed by atoms with Crippen LogP contribution in [0.5, 0.6) is 0 Å². The molecule has 1 saturated heterocycles. The summed E-state index contributed by atoms with van der Waals surface area (Å²) in [5.74, 6) is -0.487. The van der Waals surface area contributed by atoms with Gasteiger partial charge in [0, 0.05) is 24.7 Å². The van der Waals surface area contributed by atoms with Gasteiger partial charge in [-0.2, -0.15) is 0 Å². The van der Waals surface area contributed by atoms with Gasteiger partial charge >= 0.3 is 5.97 Å². The van der Waals surface area contributed by atoms with Gasteiger partial charge in [0.15, 0.2) is 0 Å². The molecule has 1 N–H and O–H groups in total. The zero-order valence-corrected chi connectivity index (χ0v) is 13.7. The zero-order chi connectivity index (χ0) is 16.7. The summed E-state index contributed by atoms with van der Waals surface area (Å²) in [5, 5.41) is 0. The lowest BCUT2D eigenvalue weighted by atomic mass is 9.81. The summed E-state index contributed by atoms with van der Waals surface area (Å²) < 4.78 is 4.69. The molecule has 1 spiro atoms. The summed E-state index contributed by atoms with van der Waals surface area (Å²) in [5.41, 5.74) is 3.74. The number of rotatable bonds is 2. The molecule has 1 aromatic heterocycles. The Morgan fingerprint density at radius 3 is 2.92 bits per heavy atom. The number of nitrogens with one attached hydrogen (secondary N) is 1. The minimum Gasteiger partial charge on any atom is -0.465 e. The van der Waals surface area contributed by atoms with Crippen molar-refractivity contribution in [1.29, 1.82) is 0 Å². The number of aromatic amines is 1. The molecular formula is C19H20N2O3. The van der Waals surface area contributed by atoms with E-state index >= 15 is 0 Å². The van der Waals surface area contributed by atoms with Crippen molar-refractivity contribution in [2.75, 3.05) is 20.2 Å². The molecule has 4 rings (SSSR count). The van der Waals surface area contributed by atoms with E-state index < -0.39 is 5.97 Å². The molecule has 5 heteroatoms. The van der Waals surface area contributed by atoms with Crippen LogP contribution in [0, 0.1) is 0 Å². The van der Waals surface area contributed by atoms with E-state index in [0.29, 0.717) is 11.3 Å². The van der Waals surface area contributed by atoms with Crippen LogP contribution in [-0.2, 0) is 16.6 Å². The average Bonchev–Trinajstić information content (AvgIpc) is 3.34. The third-order valence-electron chi connectivity index (χ3n) is 5.44. The number of H-pyrrole nitrogens is 1. The largest absolute Gasteiger partial charge is 0.465 e. The fraction of sp³-hybridized carbons (Fsp3) is 0.368. The highest BCUT2D eigenvalue weighted by Crippen LogP contribution is 2.45. The third-order valence-corrected chi connectivity index (χ3v) is 5.44. The highest BCUT2D eigenvalue weighted by molar-refractivity contribution is 5.97. The maximum Gasteiger partial charge on any atom is 0.339 e. The van der Waals surface area contributed by atoms with E-state index in [1.807, 2.05) is 4.90 Å². The Morgan fingerprint density at radius 1 is 1.25 bits per heavy atom. The smallest absolute Gasteiger partial charge is 0.339 e. The number of hydrogen-bond donors (Lipinski definition) is 1. The molecule has 1 aliphatic carbocycles. The summed E-state index contributed by atoms with van der Waals surface area (Å²) in [6.45, 7) is 1.50. The summed E-state index contributed by atoms with van der Waals surface area (Å²) in [6, 6.07) is 10.2. The van der Waals surface area contributed by atoms with Crippen LogP contribution in [0.1, 0.15) is 44.8 Å². The lowest BCUT2D eigenvalue weighted by molar-refractivity contribution is 0.0601. The topological polar surface area (TPSA) is 62.4 Å². The first-order valence-corrected chi connectivity index (χ1v) is 8.27. The number of esters is 1. The maximum absolute atomic E-state index is 12.8. The molecule has 0 bridgehead atoms. The van der Waals surface area contributed by atoms with Gasteiger partial charge < -0.3 is 14.6 Å². The Bertz CT molecular complexity index is 810. The van der Waals surface area contributed by atoms with Crippen LogP contribution in [0.2, 0.25) is 0 Å². The minimum atomic E-state index is -0.437. The number of aromatic nitrogens is 1. The SMILES string of the molecule is COC(=O)c1c[nH]c(C(=O)N2CCC3(CCc4ccccc43)C2)c1. The average molecular weight is 324 g/mol. The van der Waals surface area contributed by atoms with Gasteiger partial charge in [-0.3, -0.25) is 4.79 Å². The van der Waals surface area contributed by atoms with Crippen molar-refractivity contribution in [2.45, 2.75) is 24.7 Å². The van der Waals surface area contributed by atoms with Gasteiger partial charge in [-0.15, -0.1) is 0 Å². The number of benzene rings is 1. The van der Waals surface area contributed by atoms with Crippen molar-refractivity contribution >= 4 is 11.9 Å². The predicted octanol–water partition coefficient (Wildman–Crippen LogP) is 2.53. The molecule has 24 heavy (non-hydrogen) atoms. The number of hydrogen-bond acceptors (Lipinski definition) is 3. The van der Waals surface area contributed by atoms with Crippen molar-refractivity contribution in [3.63, 3.8) is 0 Å².